The molecular weight excluding hydrogens is 361 g/mol. The van der Waals surface area contributed by atoms with Gasteiger partial charge in [-0.3, -0.25) is 0 Å². The number of hydrogen-bond acceptors (Lipinski definition) is 5. The Morgan fingerprint density at radius 3 is 2.48 bits per heavy atom. The number of anilines is 2. The van der Waals surface area contributed by atoms with E-state index >= 15 is 0 Å². The molecule has 1 atom stereocenters. The molecule has 1 aliphatic heterocycles. The van der Waals surface area contributed by atoms with Crippen LogP contribution >= 0.6 is 11.3 Å². The third-order valence-corrected chi connectivity index (χ3v) is 5.53. The van der Waals surface area contributed by atoms with Gasteiger partial charge < -0.3 is 15.0 Å². The molecule has 0 bridgehead atoms. The molecule has 1 aromatic heterocycles. The Labute approximate surface area is 162 Å². The van der Waals surface area contributed by atoms with Crippen LogP contribution in [0.2, 0.25) is 0 Å². The molecule has 4 rings (SSSR count). The summed E-state index contributed by atoms with van der Waals surface area (Å²) in [4.78, 5) is 6.98. The van der Waals surface area contributed by atoms with E-state index in [0.717, 1.165) is 42.7 Å². The van der Waals surface area contributed by atoms with Gasteiger partial charge in [-0.15, -0.1) is 11.3 Å². The van der Waals surface area contributed by atoms with Crippen molar-refractivity contribution in [2.24, 2.45) is 0 Å². The van der Waals surface area contributed by atoms with Gasteiger partial charge in [-0.25, -0.2) is 9.37 Å². The van der Waals surface area contributed by atoms with Crippen molar-refractivity contribution in [3.05, 3.63) is 65.3 Å². The molecule has 2 aromatic carbocycles. The zero-order valence-electron chi connectivity index (χ0n) is 15.2. The molecule has 4 nitrogen and oxygen atoms in total. The molecule has 1 unspecified atom stereocenters. The minimum atomic E-state index is -0.235. The molecular formula is C21H22FN3OS. The summed E-state index contributed by atoms with van der Waals surface area (Å²) >= 11 is 1.56. The number of benzene rings is 2. The number of nitrogens with zero attached hydrogens (tertiary/aromatic N) is 2. The monoisotopic (exact) mass is 383 g/mol. The van der Waals surface area contributed by atoms with Gasteiger partial charge >= 0.3 is 0 Å². The Morgan fingerprint density at radius 2 is 1.78 bits per heavy atom. The van der Waals surface area contributed by atoms with Gasteiger partial charge in [-0.2, -0.15) is 0 Å². The summed E-state index contributed by atoms with van der Waals surface area (Å²) < 4.78 is 18.5. The predicted octanol–water partition coefficient (Wildman–Crippen LogP) is 4.96. The Kier molecular flexibility index (Phi) is 5.36. The fourth-order valence-electron chi connectivity index (χ4n) is 3.16. The highest BCUT2D eigenvalue weighted by molar-refractivity contribution is 7.14. The van der Waals surface area contributed by atoms with Crippen molar-refractivity contribution in [1.29, 1.82) is 0 Å². The lowest BCUT2D eigenvalue weighted by molar-refractivity contribution is 0.122. The topological polar surface area (TPSA) is 37.4 Å². The van der Waals surface area contributed by atoms with E-state index < -0.39 is 0 Å². The van der Waals surface area contributed by atoms with Gasteiger partial charge in [0.05, 0.1) is 24.9 Å². The quantitative estimate of drug-likeness (QED) is 0.676. The van der Waals surface area contributed by atoms with Crippen LogP contribution < -0.4 is 10.2 Å². The first-order valence-corrected chi connectivity index (χ1v) is 9.98. The van der Waals surface area contributed by atoms with E-state index in [2.05, 4.69) is 46.4 Å². The van der Waals surface area contributed by atoms with Crippen molar-refractivity contribution in [2.75, 3.05) is 36.5 Å². The van der Waals surface area contributed by atoms with E-state index in [4.69, 9.17) is 4.74 Å². The van der Waals surface area contributed by atoms with Crippen LogP contribution in [-0.2, 0) is 4.74 Å². The van der Waals surface area contributed by atoms with Crippen molar-refractivity contribution in [3.8, 4) is 11.3 Å². The summed E-state index contributed by atoms with van der Waals surface area (Å²) in [5.74, 6) is -0.235. The molecule has 0 amide bonds. The second-order valence-corrected chi connectivity index (χ2v) is 7.46. The summed E-state index contributed by atoms with van der Waals surface area (Å²) in [7, 11) is 0. The number of nitrogens with one attached hydrogen (secondary N) is 1. The maximum absolute atomic E-state index is 13.1. The lowest BCUT2D eigenvalue weighted by Gasteiger charge is -2.29. The SMILES string of the molecule is CC(Nc1nc(-c2ccc(F)cc2)cs1)c1ccc(N2CCOCC2)cc1. The maximum Gasteiger partial charge on any atom is 0.183 e. The van der Waals surface area contributed by atoms with Crippen molar-refractivity contribution >= 4 is 22.2 Å². The highest BCUT2D eigenvalue weighted by Crippen LogP contribution is 2.28. The summed E-state index contributed by atoms with van der Waals surface area (Å²) in [6.45, 7) is 5.60. The normalized spacial score (nSPS) is 15.6. The average Bonchev–Trinajstić information content (AvgIpc) is 3.18. The number of thiazole rings is 1. The molecule has 0 spiro atoms. The second-order valence-electron chi connectivity index (χ2n) is 6.60. The molecule has 1 aliphatic rings. The van der Waals surface area contributed by atoms with Crippen LogP contribution in [0.15, 0.2) is 53.9 Å². The summed E-state index contributed by atoms with van der Waals surface area (Å²) in [5, 5.41) is 6.31. The Bertz CT molecular complexity index is 873. The summed E-state index contributed by atoms with van der Waals surface area (Å²) in [6.07, 6.45) is 0. The number of halogens is 1. The molecule has 6 heteroatoms. The summed E-state index contributed by atoms with van der Waals surface area (Å²) in [5.41, 5.74) is 4.23. The van der Waals surface area contributed by atoms with Gasteiger partial charge in [-0.1, -0.05) is 12.1 Å². The number of morpholine rings is 1. The van der Waals surface area contributed by atoms with Crippen molar-refractivity contribution in [2.45, 2.75) is 13.0 Å². The predicted molar refractivity (Wildman–Crippen MR) is 109 cm³/mol. The lowest BCUT2D eigenvalue weighted by Crippen LogP contribution is -2.36. The standard InChI is InChI=1S/C21H22FN3OS/c1-15(16-4-8-19(9-5-16)25-10-12-26-13-11-25)23-21-24-20(14-27-21)17-2-6-18(22)7-3-17/h2-9,14-15H,10-13H2,1H3,(H,23,24). The van der Waals surface area contributed by atoms with Gasteiger partial charge in [0.2, 0.25) is 0 Å². The average molecular weight is 383 g/mol. The Balaban J connectivity index is 1.41. The fraction of sp³-hybridized carbons (Fsp3) is 0.286. The van der Waals surface area contributed by atoms with E-state index in [1.165, 1.54) is 23.4 Å². The summed E-state index contributed by atoms with van der Waals surface area (Å²) in [6, 6.07) is 15.2. The van der Waals surface area contributed by atoms with Crippen LogP contribution in [0.5, 0.6) is 0 Å². The van der Waals surface area contributed by atoms with E-state index in [1.807, 2.05) is 5.38 Å². The first kappa shape index (κ1) is 17.9. The van der Waals surface area contributed by atoms with Crippen molar-refractivity contribution in [3.63, 3.8) is 0 Å². The van der Waals surface area contributed by atoms with E-state index in [0.29, 0.717) is 0 Å². The van der Waals surface area contributed by atoms with Gasteiger partial charge in [0.15, 0.2) is 5.13 Å². The zero-order chi connectivity index (χ0) is 18.6. The molecule has 0 aliphatic carbocycles. The smallest absolute Gasteiger partial charge is 0.183 e. The lowest BCUT2D eigenvalue weighted by atomic mass is 10.1. The number of aromatic nitrogens is 1. The van der Waals surface area contributed by atoms with E-state index in [9.17, 15) is 4.39 Å². The van der Waals surface area contributed by atoms with Gasteiger partial charge in [0.25, 0.3) is 0 Å². The minimum absolute atomic E-state index is 0.149. The second kappa shape index (κ2) is 8.06. The molecule has 1 fully saturated rings. The van der Waals surface area contributed by atoms with Crippen LogP contribution in [0.1, 0.15) is 18.5 Å². The zero-order valence-corrected chi connectivity index (χ0v) is 16.0. The largest absolute Gasteiger partial charge is 0.378 e. The molecule has 0 saturated carbocycles. The number of ether oxygens (including phenoxy) is 1. The van der Waals surface area contributed by atoms with Crippen LogP contribution in [0, 0.1) is 5.82 Å². The molecule has 0 radical (unpaired) electrons. The van der Waals surface area contributed by atoms with Crippen molar-refractivity contribution in [1.82, 2.24) is 4.98 Å². The fourth-order valence-corrected chi connectivity index (χ4v) is 3.97. The highest BCUT2D eigenvalue weighted by Gasteiger charge is 2.13. The minimum Gasteiger partial charge on any atom is -0.378 e. The van der Waals surface area contributed by atoms with Crippen LogP contribution in [0.25, 0.3) is 11.3 Å². The number of hydrogen-bond donors (Lipinski definition) is 1. The Hall–Kier alpha value is -2.44. The van der Waals surface area contributed by atoms with Crippen LogP contribution in [0.3, 0.4) is 0 Å². The van der Waals surface area contributed by atoms with Gasteiger partial charge in [0, 0.05) is 29.7 Å². The van der Waals surface area contributed by atoms with Gasteiger partial charge in [-0.05, 0) is 48.9 Å². The van der Waals surface area contributed by atoms with Crippen LogP contribution in [-0.4, -0.2) is 31.3 Å². The first-order chi connectivity index (χ1) is 13.2. The molecule has 3 aromatic rings. The third-order valence-electron chi connectivity index (χ3n) is 4.75. The molecule has 1 saturated heterocycles. The third kappa shape index (κ3) is 4.28. The molecule has 27 heavy (non-hydrogen) atoms. The molecule has 2 heterocycles. The van der Waals surface area contributed by atoms with E-state index in [1.54, 1.807) is 23.5 Å². The first-order valence-electron chi connectivity index (χ1n) is 9.10. The maximum atomic E-state index is 13.1. The highest BCUT2D eigenvalue weighted by atomic mass is 32.1. The van der Waals surface area contributed by atoms with Gasteiger partial charge in [0.1, 0.15) is 5.82 Å². The molecule has 140 valence electrons. The van der Waals surface area contributed by atoms with Crippen molar-refractivity contribution < 1.29 is 9.13 Å². The number of rotatable bonds is 5. The Morgan fingerprint density at radius 1 is 1.07 bits per heavy atom. The molecule has 1 N–H and O–H groups in total. The van der Waals surface area contributed by atoms with E-state index in [-0.39, 0.29) is 11.9 Å². The van der Waals surface area contributed by atoms with Crippen LogP contribution in [0.4, 0.5) is 15.2 Å².